The van der Waals surface area contributed by atoms with E-state index >= 15 is 0 Å². The number of aliphatic hydroxyl groups is 1. The lowest BCUT2D eigenvalue weighted by Crippen LogP contribution is -2.57. The molecule has 1 aromatic carbocycles. The number of aliphatic hydroxyl groups excluding tert-OH is 1. The average Bonchev–Trinajstić information content (AvgIpc) is 3.02. The highest BCUT2D eigenvalue weighted by Crippen LogP contribution is 2.34. The molecule has 0 saturated carbocycles. The van der Waals surface area contributed by atoms with E-state index in [4.69, 9.17) is 15.2 Å². The van der Waals surface area contributed by atoms with Gasteiger partial charge in [0.1, 0.15) is 11.3 Å². The SMILES string of the molecule is Cc1sc2ccc(OCC3CCOCC3)cc2c1C(=O)NC(C)(CO)C(N)=O. The van der Waals surface area contributed by atoms with Crippen molar-refractivity contribution < 1.29 is 24.2 Å². The second-order valence-electron chi connectivity index (χ2n) is 7.37. The van der Waals surface area contributed by atoms with E-state index in [-0.39, 0.29) is 0 Å². The molecule has 1 unspecified atom stereocenters. The summed E-state index contributed by atoms with van der Waals surface area (Å²) in [7, 11) is 0. The molecule has 0 radical (unpaired) electrons. The van der Waals surface area contributed by atoms with Crippen LogP contribution in [0.2, 0.25) is 0 Å². The van der Waals surface area contributed by atoms with Crippen molar-refractivity contribution in [3.8, 4) is 5.75 Å². The standard InChI is InChI=1S/C20H26N2O5S/c1-12-17(18(24)22-20(2,11-23)19(21)25)15-9-14(3-4-16(15)28-12)27-10-13-5-7-26-8-6-13/h3-4,9,13,23H,5-8,10-11H2,1-2H3,(H2,21,25)(H,22,24). The van der Waals surface area contributed by atoms with Crippen LogP contribution < -0.4 is 15.8 Å². The number of aryl methyl sites for hydroxylation is 1. The molecule has 2 aromatic rings. The van der Waals surface area contributed by atoms with Crippen LogP contribution in [-0.2, 0) is 9.53 Å². The van der Waals surface area contributed by atoms with E-state index in [1.165, 1.54) is 18.3 Å². The quantitative estimate of drug-likeness (QED) is 0.651. The second-order valence-corrected chi connectivity index (χ2v) is 8.62. The van der Waals surface area contributed by atoms with Crippen molar-refractivity contribution in [1.82, 2.24) is 5.32 Å². The Hall–Kier alpha value is -2.16. The molecule has 152 valence electrons. The van der Waals surface area contributed by atoms with Gasteiger partial charge in [-0.25, -0.2) is 0 Å². The third-order valence-electron chi connectivity index (χ3n) is 5.14. The number of ether oxygens (including phenoxy) is 2. The lowest BCUT2D eigenvalue weighted by molar-refractivity contribution is -0.124. The summed E-state index contributed by atoms with van der Waals surface area (Å²) in [6.45, 7) is 4.83. The third-order valence-corrected chi connectivity index (χ3v) is 6.22. The molecule has 1 aliphatic rings. The van der Waals surface area contributed by atoms with E-state index in [0.717, 1.165) is 41.0 Å². The van der Waals surface area contributed by atoms with Gasteiger partial charge < -0.3 is 25.6 Å². The van der Waals surface area contributed by atoms with Crippen LogP contribution in [0.4, 0.5) is 0 Å². The molecule has 4 N–H and O–H groups in total. The molecular formula is C20H26N2O5S. The molecule has 1 aromatic heterocycles. The van der Waals surface area contributed by atoms with Crippen molar-refractivity contribution in [1.29, 1.82) is 0 Å². The molecule has 1 saturated heterocycles. The Labute approximate surface area is 167 Å². The molecule has 3 rings (SSSR count). The van der Waals surface area contributed by atoms with Crippen LogP contribution in [0.3, 0.4) is 0 Å². The van der Waals surface area contributed by atoms with Crippen LogP contribution in [0.25, 0.3) is 10.1 Å². The number of nitrogens with two attached hydrogens (primary N) is 1. The predicted molar refractivity (Wildman–Crippen MR) is 108 cm³/mol. The minimum absolute atomic E-state index is 0.444. The minimum atomic E-state index is -1.52. The molecule has 1 atom stereocenters. The predicted octanol–water partition coefficient (Wildman–Crippen LogP) is 1.98. The summed E-state index contributed by atoms with van der Waals surface area (Å²) >= 11 is 1.49. The number of primary amides is 1. The van der Waals surface area contributed by atoms with E-state index < -0.39 is 24.0 Å². The van der Waals surface area contributed by atoms with Gasteiger partial charge in [-0.05, 0) is 50.8 Å². The van der Waals surface area contributed by atoms with Crippen LogP contribution in [-0.4, -0.2) is 48.9 Å². The average molecular weight is 407 g/mol. The number of amides is 2. The molecule has 0 spiro atoms. The van der Waals surface area contributed by atoms with Crippen molar-refractivity contribution in [2.24, 2.45) is 11.7 Å². The van der Waals surface area contributed by atoms with Gasteiger partial charge >= 0.3 is 0 Å². The number of benzene rings is 1. The number of nitrogens with one attached hydrogen (secondary N) is 1. The Balaban J connectivity index is 1.82. The number of thiophene rings is 1. The van der Waals surface area contributed by atoms with E-state index in [2.05, 4.69) is 5.32 Å². The molecule has 0 aliphatic carbocycles. The Morgan fingerprint density at radius 3 is 2.75 bits per heavy atom. The third kappa shape index (κ3) is 4.29. The summed E-state index contributed by atoms with van der Waals surface area (Å²) in [5.41, 5.74) is 4.28. The summed E-state index contributed by atoms with van der Waals surface area (Å²) in [5, 5.41) is 12.8. The van der Waals surface area contributed by atoms with Crippen LogP contribution in [0.5, 0.6) is 5.75 Å². The van der Waals surface area contributed by atoms with Gasteiger partial charge in [0, 0.05) is 28.2 Å². The fraction of sp³-hybridized carbons (Fsp3) is 0.500. The molecule has 2 heterocycles. The lowest BCUT2D eigenvalue weighted by Gasteiger charge is -2.25. The number of carbonyl (C=O) groups is 2. The maximum absolute atomic E-state index is 12.9. The van der Waals surface area contributed by atoms with Gasteiger partial charge in [0.25, 0.3) is 5.91 Å². The van der Waals surface area contributed by atoms with Gasteiger partial charge in [-0.15, -0.1) is 11.3 Å². The van der Waals surface area contributed by atoms with Gasteiger partial charge in [-0.3, -0.25) is 9.59 Å². The van der Waals surface area contributed by atoms with Gasteiger partial charge in [0.15, 0.2) is 0 Å². The highest BCUT2D eigenvalue weighted by molar-refractivity contribution is 7.19. The van der Waals surface area contributed by atoms with Crippen LogP contribution in [0.1, 0.15) is 35.0 Å². The molecular weight excluding hydrogens is 380 g/mol. The molecule has 28 heavy (non-hydrogen) atoms. The maximum Gasteiger partial charge on any atom is 0.253 e. The first-order valence-corrected chi connectivity index (χ1v) is 10.1. The number of hydrogen-bond acceptors (Lipinski definition) is 6. The second kappa shape index (κ2) is 8.46. The number of fused-ring (bicyclic) bond motifs is 1. The lowest BCUT2D eigenvalue weighted by atomic mass is 10.0. The van der Waals surface area contributed by atoms with Crippen LogP contribution >= 0.6 is 11.3 Å². The molecule has 0 bridgehead atoms. The van der Waals surface area contributed by atoms with Crippen LogP contribution in [0, 0.1) is 12.8 Å². The Kier molecular flexibility index (Phi) is 6.22. The van der Waals surface area contributed by atoms with Gasteiger partial charge in [0.2, 0.25) is 5.91 Å². The first-order chi connectivity index (χ1) is 13.3. The zero-order valence-corrected chi connectivity index (χ0v) is 16.9. The first-order valence-electron chi connectivity index (χ1n) is 9.31. The maximum atomic E-state index is 12.9. The van der Waals surface area contributed by atoms with Crippen molar-refractivity contribution in [3.05, 3.63) is 28.6 Å². The normalized spacial score (nSPS) is 17.2. The molecule has 1 aliphatic heterocycles. The van der Waals surface area contributed by atoms with Crippen molar-refractivity contribution in [2.75, 3.05) is 26.4 Å². The Bertz CT molecular complexity index is 875. The molecule has 8 heteroatoms. The summed E-state index contributed by atoms with van der Waals surface area (Å²) in [5.74, 6) is -0.0652. The van der Waals surface area contributed by atoms with Gasteiger partial charge in [-0.1, -0.05) is 0 Å². The first kappa shape index (κ1) is 20.6. The largest absolute Gasteiger partial charge is 0.493 e. The molecule has 7 nitrogen and oxygen atoms in total. The number of hydrogen-bond donors (Lipinski definition) is 3. The highest BCUT2D eigenvalue weighted by atomic mass is 32.1. The van der Waals surface area contributed by atoms with Gasteiger partial charge in [-0.2, -0.15) is 0 Å². The molecule has 2 amide bonds. The smallest absolute Gasteiger partial charge is 0.253 e. The fourth-order valence-electron chi connectivity index (χ4n) is 3.19. The van der Waals surface area contributed by atoms with Crippen molar-refractivity contribution in [2.45, 2.75) is 32.2 Å². The van der Waals surface area contributed by atoms with Gasteiger partial charge in [0.05, 0.1) is 18.8 Å². The summed E-state index contributed by atoms with van der Waals surface area (Å²) in [6.07, 6.45) is 1.97. The van der Waals surface area contributed by atoms with E-state index in [1.54, 1.807) is 0 Å². The Morgan fingerprint density at radius 2 is 2.11 bits per heavy atom. The minimum Gasteiger partial charge on any atom is -0.493 e. The van der Waals surface area contributed by atoms with E-state index in [9.17, 15) is 14.7 Å². The number of carbonyl (C=O) groups excluding carboxylic acids is 2. The Morgan fingerprint density at radius 1 is 1.39 bits per heavy atom. The summed E-state index contributed by atoms with van der Waals surface area (Å²) in [4.78, 5) is 25.3. The molecule has 1 fully saturated rings. The van der Waals surface area contributed by atoms with Crippen molar-refractivity contribution in [3.63, 3.8) is 0 Å². The highest BCUT2D eigenvalue weighted by Gasteiger charge is 2.33. The van der Waals surface area contributed by atoms with Crippen LogP contribution in [0.15, 0.2) is 18.2 Å². The zero-order chi connectivity index (χ0) is 20.3. The van der Waals surface area contributed by atoms with E-state index in [0.29, 0.717) is 23.8 Å². The monoisotopic (exact) mass is 406 g/mol. The summed E-state index contributed by atoms with van der Waals surface area (Å²) in [6, 6.07) is 5.69. The summed E-state index contributed by atoms with van der Waals surface area (Å²) < 4.78 is 12.3. The zero-order valence-electron chi connectivity index (χ0n) is 16.1. The topological polar surface area (TPSA) is 111 Å². The van der Waals surface area contributed by atoms with Crippen molar-refractivity contribution >= 4 is 33.2 Å². The fourth-order valence-corrected chi connectivity index (χ4v) is 4.23. The number of rotatable bonds is 7. The van der Waals surface area contributed by atoms with E-state index in [1.807, 2.05) is 25.1 Å².